The summed E-state index contributed by atoms with van der Waals surface area (Å²) in [5.41, 5.74) is -1.13. The van der Waals surface area contributed by atoms with Crippen molar-refractivity contribution >= 4 is 27.4 Å². The van der Waals surface area contributed by atoms with E-state index >= 15 is 0 Å². The summed E-state index contributed by atoms with van der Waals surface area (Å²) in [5.74, 6) is 0.143. The van der Waals surface area contributed by atoms with Gasteiger partial charge < -0.3 is 5.32 Å². The first-order valence-electron chi connectivity index (χ1n) is 8.39. The van der Waals surface area contributed by atoms with E-state index in [1.807, 2.05) is 0 Å². The van der Waals surface area contributed by atoms with Gasteiger partial charge in [0.05, 0.1) is 17.5 Å². The van der Waals surface area contributed by atoms with Gasteiger partial charge in [-0.2, -0.15) is 13.2 Å². The number of benzene rings is 1. The van der Waals surface area contributed by atoms with Gasteiger partial charge in [0.25, 0.3) is 0 Å². The van der Waals surface area contributed by atoms with Crippen molar-refractivity contribution in [3.05, 3.63) is 52.9 Å². The molecule has 0 radical (unpaired) electrons. The molecule has 0 aliphatic heterocycles. The first-order valence-corrected chi connectivity index (χ1v) is 10.5. The number of alkyl halides is 3. The molecular formula is C17H22ClF3N4O2S. The van der Waals surface area contributed by atoms with Crippen molar-refractivity contribution in [3.8, 4) is 0 Å². The average Bonchev–Trinajstić information content (AvgIpc) is 2.60. The second-order valence-electron chi connectivity index (χ2n) is 5.84. The molecule has 0 amide bonds. The lowest BCUT2D eigenvalue weighted by molar-refractivity contribution is -0.137. The van der Waals surface area contributed by atoms with Gasteiger partial charge in [-0.1, -0.05) is 31.4 Å². The van der Waals surface area contributed by atoms with Gasteiger partial charge >= 0.3 is 6.18 Å². The molecule has 0 bridgehead atoms. The second-order valence-corrected chi connectivity index (χ2v) is 7.86. The van der Waals surface area contributed by atoms with Crippen LogP contribution in [0.2, 0.25) is 5.02 Å². The summed E-state index contributed by atoms with van der Waals surface area (Å²) < 4.78 is 58.4. The fourth-order valence-electron chi connectivity index (χ4n) is 2.06. The number of nitrogens with one attached hydrogen (secondary N) is 1. The minimum absolute atomic E-state index is 0.0676. The summed E-state index contributed by atoms with van der Waals surface area (Å²) in [6.45, 7) is 3.19. The Kier molecular flexibility index (Phi) is 9.63. The van der Waals surface area contributed by atoms with E-state index in [0.29, 0.717) is 6.07 Å². The van der Waals surface area contributed by atoms with Crippen molar-refractivity contribution in [2.45, 2.75) is 38.1 Å². The lowest BCUT2D eigenvalue weighted by Gasteiger charge is -2.09. The predicted molar refractivity (Wildman–Crippen MR) is 103 cm³/mol. The van der Waals surface area contributed by atoms with Gasteiger partial charge in [0, 0.05) is 24.0 Å². The van der Waals surface area contributed by atoms with Gasteiger partial charge in [-0.3, -0.25) is 4.98 Å². The SMILES string of the molecule is CCCCCNc1cnccn1.NS(=O)(=O)Cc1cc(C(F)(F)F)ccc1Cl. The molecule has 2 rings (SSSR count). The van der Waals surface area contributed by atoms with Crippen LogP contribution in [0.15, 0.2) is 36.8 Å². The highest BCUT2D eigenvalue weighted by molar-refractivity contribution is 7.88. The number of unbranched alkanes of at least 4 members (excludes halogenated alkanes) is 2. The third kappa shape index (κ3) is 9.86. The number of aromatic nitrogens is 2. The highest BCUT2D eigenvalue weighted by Crippen LogP contribution is 2.32. The number of hydrogen-bond acceptors (Lipinski definition) is 5. The molecule has 0 spiro atoms. The van der Waals surface area contributed by atoms with E-state index < -0.39 is 27.5 Å². The van der Waals surface area contributed by atoms with Crippen LogP contribution in [0.3, 0.4) is 0 Å². The Morgan fingerprint density at radius 1 is 1.21 bits per heavy atom. The van der Waals surface area contributed by atoms with Crippen LogP contribution in [0.4, 0.5) is 19.0 Å². The number of primary sulfonamides is 1. The van der Waals surface area contributed by atoms with E-state index in [0.717, 1.165) is 24.5 Å². The fraction of sp³-hybridized carbons (Fsp3) is 0.412. The van der Waals surface area contributed by atoms with E-state index in [1.54, 1.807) is 18.6 Å². The van der Waals surface area contributed by atoms with Gasteiger partial charge in [0.1, 0.15) is 5.82 Å². The summed E-state index contributed by atoms with van der Waals surface area (Å²) in [4.78, 5) is 8.06. The lowest BCUT2D eigenvalue weighted by Crippen LogP contribution is -2.15. The van der Waals surface area contributed by atoms with Gasteiger partial charge in [0.2, 0.25) is 10.0 Å². The van der Waals surface area contributed by atoms with Crippen LogP contribution in [0, 0.1) is 0 Å². The molecule has 0 aliphatic rings. The maximum atomic E-state index is 12.3. The molecule has 1 heterocycles. The highest BCUT2D eigenvalue weighted by Gasteiger charge is 2.31. The van der Waals surface area contributed by atoms with Gasteiger partial charge in [-0.05, 0) is 30.2 Å². The smallest absolute Gasteiger partial charge is 0.369 e. The third-order valence-electron chi connectivity index (χ3n) is 3.38. The predicted octanol–water partition coefficient (Wildman–Crippen LogP) is 4.23. The number of hydrogen-bond donors (Lipinski definition) is 2. The summed E-state index contributed by atoms with van der Waals surface area (Å²) in [5, 5.41) is 7.87. The number of anilines is 1. The van der Waals surface area contributed by atoms with E-state index in [1.165, 1.54) is 19.3 Å². The quantitative estimate of drug-likeness (QED) is 0.630. The molecule has 0 saturated heterocycles. The Bertz CT molecular complexity index is 834. The largest absolute Gasteiger partial charge is 0.416 e. The fourth-order valence-corrected chi connectivity index (χ4v) is 3.00. The molecule has 0 atom stereocenters. The summed E-state index contributed by atoms with van der Waals surface area (Å²) in [6.07, 6.45) is 4.30. The molecule has 1 aromatic heterocycles. The second kappa shape index (κ2) is 11.2. The number of nitrogens with two attached hydrogens (primary N) is 1. The van der Waals surface area contributed by atoms with Crippen LogP contribution in [-0.2, 0) is 22.0 Å². The Hall–Kier alpha value is -1.91. The lowest BCUT2D eigenvalue weighted by atomic mass is 10.1. The van der Waals surface area contributed by atoms with E-state index in [2.05, 4.69) is 22.2 Å². The maximum absolute atomic E-state index is 12.3. The number of rotatable bonds is 7. The first-order chi connectivity index (χ1) is 13.0. The van der Waals surface area contributed by atoms with Crippen molar-refractivity contribution in [1.29, 1.82) is 0 Å². The Labute approximate surface area is 167 Å². The van der Waals surface area contributed by atoms with Crippen LogP contribution in [0.1, 0.15) is 37.3 Å². The van der Waals surface area contributed by atoms with Crippen molar-refractivity contribution in [3.63, 3.8) is 0 Å². The zero-order chi connectivity index (χ0) is 21.2. The van der Waals surface area contributed by atoms with Crippen LogP contribution in [0.5, 0.6) is 0 Å². The molecule has 3 N–H and O–H groups in total. The molecule has 0 fully saturated rings. The van der Waals surface area contributed by atoms with E-state index in [-0.39, 0.29) is 10.6 Å². The molecule has 0 saturated carbocycles. The van der Waals surface area contributed by atoms with E-state index in [9.17, 15) is 21.6 Å². The molecule has 2 aromatic rings. The van der Waals surface area contributed by atoms with Crippen LogP contribution in [0.25, 0.3) is 0 Å². The Morgan fingerprint density at radius 2 is 1.93 bits per heavy atom. The zero-order valence-corrected chi connectivity index (χ0v) is 16.8. The van der Waals surface area contributed by atoms with Gasteiger partial charge in [-0.15, -0.1) is 0 Å². The molecule has 1 aromatic carbocycles. The van der Waals surface area contributed by atoms with Crippen molar-refractivity contribution in [2.24, 2.45) is 5.14 Å². The monoisotopic (exact) mass is 438 g/mol. The Balaban J connectivity index is 0.000000292. The van der Waals surface area contributed by atoms with Gasteiger partial charge in [-0.25, -0.2) is 18.5 Å². The minimum atomic E-state index is -4.54. The number of sulfonamides is 1. The molecule has 28 heavy (non-hydrogen) atoms. The first kappa shape index (κ1) is 24.1. The van der Waals surface area contributed by atoms with Crippen LogP contribution >= 0.6 is 11.6 Å². The minimum Gasteiger partial charge on any atom is -0.369 e. The summed E-state index contributed by atoms with van der Waals surface area (Å²) in [6, 6.07) is 2.44. The molecule has 0 unspecified atom stereocenters. The van der Waals surface area contributed by atoms with Crippen LogP contribution < -0.4 is 10.5 Å². The summed E-state index contributed by atoms with van der Waals surface area (Å²) >= 11 is 5.57. The molecular weight excluding hydrogens is 417 g/mol. The zero-order valence-electron chi connectivity index (χ0n) is 15.2. The average molecular weight is 439 g/mol. The molecule has 11 heteroatoms. The topological polar surface area (TPSA) is 98.0 Å². The van der Waals surface area contributed by atoms with E-state index in [4.69, 9.17) is 16.7 Å². The third-order valence-corrected chi connectivity index (χ3v) is 4.46. The Morgan fingerprint density at radius 3 is 2.46 bits per heavy atom. The maximum Gasteiger partial charge on any atom is 0.416 e. The normalized spacial score (nSPS) is 11.5. The molecule has 6 nitrogen and oxygen atoms in total. The standard InChI is InChI=1S/C9H15N3.C8H7ClF3NO2S/c1-2-3-4-5-11-9-8-10-6-7-12-9;9-7-2-1-6(8(10,11)12)3-5(7)4-16(13,14)15/h6-8H,2-5H2,1H3,(H,11,12);1-3H,4H2,(H2,13,14,15). The summed E-state index contributed by atoms with van der Waals surface area (Å²) in [7, 11) is -3.91. The van der Waals surface area contributed by atoms with Crippen LogP contribution in [-0.4, -0.2) is 24.9 Å². The number of nitrogens with zero attached hydrogens (tertiary/aromatic N) is 2. The molecule has 0 aliphatic carbocycles. The van der Waals surface area contributed by atoms with Crippen molar-refractivity contribution in [1.82, 2.24) is 9.97 Å². The molecule has 156 valence electrons. The number of halogens is 4. The van der Waals surface area contributed by atoms with Crippen molar-refractivity contribution < 1.29 is 21.6 Å². The van der Waals surface area contributed by atoms with Gasteiger partial charge in [0.15, 0.2) is 0 Å². The van der Waals surface area contributed by atoms with Crippen molar-refractivity contribution in [2.75, 3.05) is 11.9 Å². The highest BCUT2D eigenvalue weighted by atomic mass is 35.5.